The van der Waals surface area contributed by atoms with Crippen LogP contribution < -0.4 is 5.32 Å². The molecule has 1 aromatic carbocycles. The highest BCUT2D eigenvalue weighted by molar-refractivity contribution is 5.91. The van der Waals surface area contributed by atoms with Crippen LogP contribution in [0, 0.1) is 17.2 Å². The van der Waals surface area contributed by atoms with Crippen LogP contribution in [0.1, 0.15) is 54.6 Å². The van der Waals surface area contributed by atoms with Gasteiger partial charge in [0, 0.05) is 12.1 Å². The maximum atomic E-state index is 13.7. The zero-order valence-corrected chi connectivity index (χ0v) is 14.2. The average Bonchev–Trinajstić information content (AvgIpc) is 3.06. The van der Waals surface area contributed by atoms with Gasteiger partial charge in [0.25, 0.3) is 5.91 Å². The van der Waals surface area contributed by atoms with Crippen LogP contribution in [0.15, 0.2) is 30.5 Å². The number of hydrogen-bond acceptors (Lipinski definition) is 3. The predicted molar refractivity (Wildman–Crippen MR) is 91.5 cm³/mol. The minimum Gasteiger partial charge on any atom is -0.350 e. The van der Waals surface area contributed by atoms with E-state index in [0.29, 0.717) is 16.9 Å². The summed E-state index contributed by atoms with van der Waals surface area (Å²) in [5, 5.41) is 10.9. The minimum atomic E-state index is -0.282. The number of carbonyl (C=O) groups is 1. The van der Waals surface area contributed by atoms with Gasteiger partial charge in [-0.1, -0.05) is 42.7 Å². The van der Waals surface area contributed by atoms with Crippen LogP contribution in [0.5, 0.6) is 0 Å². The quantitative estimate of drug-likeness (QED) is 0.908. The first-order chi connectivity index (χ1) is 12.2. The van der Waals surface area contributed by atoms with Gasteiger partial charge in [-0.25, -0.2) is 9.07 Å². The van der Waals surface area contributed by atoms with Gasteiger partial charge in [0.1, 0.15) is 5.82 Å². The lowest BCUT2D eigenvalue weighted by Gasteiger charge is -2.22. The molecular weight excluding hydrogens is 319 g/mol. The molecule has 1 N–H and O–H groups in total. The second-order valence-corrected chi connectivity index (χ2v) is 7.43. The smallest absolute Gasteiger partial charge is 0.273 e. The van der Waals surface area contributed by atoms with Crippen molar-refractivity contribution in [2.75, 3.05) is 6.54 Å². The molecule has 2 saturated carbocycles. The molecule has 1 aromatic heterocycles. The average molecular weight is 342 g/mol. The lowest BCUT2D eigenvalue weighted by molar-refractivity contribution is 0.0944. The van der Waals surface area contributed by atoms with E-state index in [0.717, 1.165) is 6.54 Å². The number of amides is 1. The maximum Gasteiger partial charge on any atom is 0.273 e. The van der Waals surface area contributed by atoms with Gasteiger partial charge in [-0.05, 0) is 36.7 Å². The van der Waals surface area contributed by atoms with Crippen LogP contribution >= 0.6 is 0 Å². The zero-order valence-electron chi connectivity index (χ0n) is 14.2. The van der Waals surface area contributed by atoms with Crippen LogP contribution in [-0.2, 0) is 6.54 Å². The standard InChI is InChI=1S/C19H23FN4O/c20-16-7-3-2-6-14(16)12-24-13-17(22-23-24)18(25)21-11-15-10-19(15)8-4-1-5-9-19/h2-3,6-7,13,15H,1,4-5,8-12H2,(H,21,25)/t15-/m0/s1. The molecular formula is C19H23FN4O. The molecule has 5 nitrogen and oxygen atoms in total. The van der Waals surface area contributed by atoms with Gasteiger partial charge >= 0.3 is 0 Å². The number of hydrogen-bond donors (Lipinski definition) is 1. The Labute approximate surface area is 146 Å². The van der Waals surface area contributed by atoms with Crippen molar-refractivity contribution in [1.29, 1.82) is 0 Å². The first kappa shape index (κ1) is 16.2. The van der Waals surface area contributed by atoms with E-state index < -0.39 is 0 Å². The number of rotatable bonds is 5. The summed E-state index contributed by atoms with van der Waals surface area (Å²) in [5.41, 5.74) is 1.32. The first-order valence-electron chi connectivity index (χ1n) is 9.08. The van der Waals surface area contributed by atoms with Gasteiger partial charge in [0.2, 0.25) is 0 Å². The summed E-state index contributed by atoms with van der Waals surface area (Å²) in [5.74, 6) is 0.137. The molecule has 1 spiro atoms. The lowest BCUT2D eigenvalue weighted by Crippen LogP contribution is -2.28. The third-order valence-corrected chi connectivity index (χ3v) is 5.78. The fourth-order valence-electron chi connectivity index (χ4n) is 4.18. The summed E-state index contributed by atoms with van der Waals surface area (Å²) in [6.07, 6.45) is 9.45. The molecule has 132 valence electrons. The molecule has 2 aromatic rings. The van der Waals surface area contributed by atoms with Gasteiger partial charge < -0.3 is 5.32 Å². The van der Waals surface area contributed by atoms with Crippen molar-refractivity contribution in [3.05, 3.63) is 47.5 Å². The van der Waals surface area contributed by atoms with Gasteiger partial charge in [-0.15, -0.1) is 5.10 Å². The molecule has 0 radical (unpaired) electrons. The Morgan fingerprint density at radius 3 is 2.88 bits per heavy atom. The van der Waals surface area contributed by atoms with Gasteiger partial charge in [-0.2, -0.15) is 0 Å². The molecule has 2 aliphatic rings. The highest BCUT2D eigenvalue weighted by Gasteiger charge is 2.53. The van der Waals surface area contributed by atoms with E-state index in [9.17, 15) is 9.18 Å². The number of nitrogens with one attached hydrogen (secondary N) is 1. The highest BCUT2D eigenvalue weighted by atomic mass is 19.1. The Balaban J connectivity index is 1.31. The monoisotopic (exact) mass is 342 g/mol. The van der Waals surface area contributed by atoms with Crippen molar-refractivity contribution in [2.24, 2.45) is 11.3 Å². The SMILES string of the molecule is O=C(NC[C@@H]1CC12CCCCC2)c1cn(Cc2ccccc2F)nn1. The predicted octanol–water partition coefficient (Wildman–Crippen LogP) is 3.17. The van der Waals surface area contributed by atoms with E-state index in [2.05, 4.69) is 15.6 Å². The number of carbonyl (C=O) groups excluding carboxylic acids is 1. The molecule has 2 fully saturated rings. The van der Waals surface area contributed by atoms with Crippen molar-refractivity contribution in [3.63, 3.8) is 0 Å². The molecule has 0 saturated heterocycles. The second kappa shape index (κ2) is 6.58. The minimum absolute atomic E-state index is 0.197. The summed E-state index contributed by atoms with van der Waals surface area (Å²) in [4.78, 5) is 12.3. The summed E-state index contributed by atoms with van der Waals surface area (Å²) < 4.78 is 15.2. The van der Waals surface area contributed by atoms with Crippen LogP contribution in [0.25, 0.3) is 0 Å². The molecule has 1 heterocycles. The van der Waals surface area contributed by atoms with Crippen molar-refractivity contribution in [2.45, 2.75) is 45.1 Å². The highest BCUT2D eigenvalue weighted by Crippen LogP contribution is 2.60. The fourth-order valence-corrected chi connectivity index (χ4v) is 4.18. The molecule has 2 aliphatic carbocycles. The summed E-state index contributed by atoms with van der Waals surface area (Å²) in [6, 6.07) is 6.54. The van der Waals surface area contributed by atoms with Gasteiger partial charge in [0.15, 0.2) is 5.69 Å². The lowest BCUT2D eigenvalue weighted by atomic mass is 9.84. The normalized spacial score (nSPS) is 21.2. The number of aromatic nitrogens is 3. The van der Waals surface area contributed by atoms with Crippen LogP contribution in [-0.4, -0.2) is 27.4 Å². The summed E-state index contributed by atoms with van der Waals surface area (Å²) >= 11 is 0. The molecule has 0 unspecified atom stereocenters. The molecule has 0 bridgehead atoms. The summed E-state index contributed by atoms with van der Waals surface area (Å²) in [7, 11) is 0. The second-order valence-electron chi connectivity index (χ2n) is 7.43. The Bertz CT molecular complexity index is 766. The maximum absolute atomic E-state index is 13.7. The Kier molecular flexibility index (Phi) is 4.27. The molecule has 1 atom stereocenters. The van der Waals surface area contributed by atoms with E-state index in [4.69, 9.17) is 0 Å². The Morgan fingerprint density at radius 2 is 2.08 bits per heavy atom. The number of benzene rings is 1. The molecule has 1 amide bonds. The van der Waals surface area contributed by atoms with Crippen LogP contribution in [0.3, 0.4) is 0 Å². The molecule has 0 aliphatic heterocycles. The van der Waals surface area contributed by atoms with Crippen molar-refractivity contribution < 1.29 is 9.18 Å². The van der Waals surface area contributed by atoms with Gasteiger partial charge in [-0.3, -0.25) is 4.79 Å². The third-order valence-electron chi connectivity index (χ3n) is 5.78. The van der Waals surface area contributed by atoms with Crippen molar-refractivity contribution in [3.8, 4) is 0 Å². The van der Waals surface area contributed by atoms with E-state index in [-0.39, 0.29) is 24.0 Å². The van der Waals surface area contributed by atoms with Crippen LogP contribution in [0.4, 0.5) is 4.39 Å². The Morgan fingerprint density at radius 1 is 1.28 bits per heavy atom. The first-order valence-corrected chi connectivity index (χ1v) is 9.08. The van der Waals surface area contributed by atoms with E-state index >= 15 is 0 Å². The number of halogens is 1. The topological polar surface area (TPSA) is 59.8 Å². The molecule has 25 heavy (non-hydrogen) atoms. The van der Waals surface area contributed by atoms with E-state index in [1.807, 2.05) is 0 Å². The molecule has 4 rings (SSSR count). The van der Waals surface area contributed by atoms with Gasteiger partial charge in [0.05, 0.1) is 12.7 Å². The summed E-state index contributed by atoms with van der Waals surface area (Å²) in [6.45, 7) is 0.984. The number of nitrogens with zero attached hydrogens (tertiary/aromatic N) is 3. The largest absolute Gasteiger partial charge is 0.350 e. The van der Waals surface area contributed by atoms with E-state index in [1.165, 1.54) is 49.3 Å². The van der Waals surface area contributed by atoms with Crippen molar-refractivity contribution >= 4 is 5.91 Å². The zero-order chi connectivity index (χ0) is 17.3. The Hall–Kier alpha value is -2.24. The van der Waals surface area contributed by atoms with E-state index in [1.54, 1.807) is 24.4 Å². The molecule has 6 heteroatoms. The third kappa shape index (κ3) is 3.43. The van der Waals surface area contributed by atoms with Crippen LogP contribution in [0.2, 0.25) is 0 Å². The fraction of sp³-hybridized carbons (Fsp3) is 0.526. The van der Waals surface area contributed by atoms with Crippen molar-refractivity contribution in [1.82, 2.24) is 20.3 Å².